The van der Waals surface area contributed by atoms with E-state index in [0.29, 0.717) is 47.1 Å². The zero-order valence-corrected chi connectivity index (χ0v) is 28.3. The number of hydrogen-bond donors (Lipinski definition) is 4. The molecule has 0 radical (unpaired) electrons. The molecular weight excluding hydrogens is 642 g/mol. The van der Waals surface area contributed by atoms with Crippen molar-refractivity contribution in [1.82, 2.24) is 19.4 Å². The zero-order chi connectivity index (χ0) is 35.2. The van der Waals surface area contributed by atoms with Gasteiger partial charge in [-0.05, 0) is 54.7 Å². The lowest BCUT2D eigenvalue weighted by atomic mass is 10.1. The summed E-state index contributed by atoms with van der Waals surface area (Å²) in [5.41, 5.74) is 3.87. The van der Waals surface area contributed by atoms with Crippen LogP contribution in [0.25, 0.3) is 11.1 Å². The van der Waals surface area contributed by atoms with Crippen LogP contribution >= 0.6 is 0 Å². The number of hydrogen-bond acceptors (Lipinski definition) is 9. The lowest BCUT2D eigenvalue weighted by molar-refractivity contribution is -0.116. The number of methoxy groups -OCH3 is 2. The van der Waals surface area contributed by atoms with Crippen molar-refractivity contribution in [3.63, 3.8) is 0 Å². The van der Waals surface area contributed by atoms with E-state index in [1.165, 1.54) is 18.8 Å². The first-order valence-corrected chi connectivity index (χ1v) is 16.6. The Balaban J connectivity index is 0.999. The number of aliphatic hydroxyl groups excluding tert-OH is 1. The number of ether oxygens (including phenoxy) is 3. The lowest BCUT2D eigenvalue weighted by Gasteiger charge is -2.26. The summed E-state index contributed by atoms with van der Waals surface area (Å²) in [6, 6.07) is 12.4. The Hall–Kier alpha value is -5.47. The van der Waals surface area contributed by atoms with Crippen molar-refractivity contribution in [2.75, 3.05) is 38.0 Å². The summed E-state index contributed by atoms with van der Waals surface area (Å²) < 4.78 is 18.0. The van der Waals surface area contributed by atoms with Gasteiger partial charge in [0.1, 0.15) is 0 Å². The van der Waals surface area contributed by atoms with E-state index in [4.69, 9.17) is 14.2 Å². The Morgan fingerprint density at radius 2 is 1.88 bits per heavy atom. The zero-order valence-electron chi connectivity index (χ0n) is 28.3. The van der Waals surface area contributed by atoms with Gasteiger partial charge < -0.3 is 44.4 Å². The minimum atomic E-state index is -1.04. The van der Waals surface area contributed by atoms with Gasteiger partial charge in [-0.3, -0.25) is 19.4 Å². The van der Waals surface area contributed by atoms with Crippen LogP contribution in [-0.4, -0.2) is 81.9 Å². The highest BCUT2D eigenvalue weighted by Gasteiger charge is 2.30. The van der Waals surface area contributed by atoms with E-state index in [0.717, 1.165) is 36.8 Å². The second-order valence-corrected chi connectivity index (χ2v) is 12.2. The highest BCUT2D eigenvalue weighted by atomic mass is 16.6. The van der Waals surface area contributed by atoms with Gasteiger partial charge in [0.25, 0.3) is 11.8 Å². The van der Waals surface area contributed by atoms with Crippen molar-refractivity contribution in [2.45, 2.75) is 50.9 Å². The molecule has 2 aliphatic rings. The van der Waals surface area contributed by atoms with Gasteiger partial charge in [0.2, 0.25) is 11.7 Å². The molecule has 14 nitrogen and oxygen atoms in total. The summed E-state index contributed by atoms with van der Waals surface area (Å²) in [6.45, 7) is 0.934. The number of aromatic amines is 1. The third kappa shape index (κ3) is 7.71. The fourth-order valence-corrected chi connectivity index (χ4v) is 6.10. The van der Waals surface area contributed by atoms with Crippen LogP contribution in [0.2, 0.25) is 0 Å². The number of carbonyl (C=O) groups excluding carboxylic acids is 3. The van der Waals surface area contributed by atoms with Crippen LogP contribution < -0.4 is 20.1 Å². The molecule has 1 saturated heterocycles. The molecule has 2 aliphatic heterocycles. The number of H-pyrrole nitrogens is 1. The van der Waals surface area contributed by atoms with E-state index in [2.05, 4.69) is 25.6 Å². The van der Waals surface area contributed by atoms with E-state index in [1.807, 2.05) is 23.2 Å². The number of amides is 3. The number of benzene rings is 2. The molecule has 2 aromatic carbocycles. The molecule has 0 aliphatic carbocycles. The smallest absolute Gasteiger partial charge is 0.291 e. The molecule has 0 bridgehead atoms. The number of aryl methyl sites for hydroxylation is 1. The van der Waals surface area contributed by atoms with E-state index < -0.39 is 12.2 Å². The number of imidazole rings is 1. The molecule has 4 N–H and O–H groups in total. The van der Waals surface area contributed by atoms with Crippen LogP contribution in [0, 0.1) is 0 Å². The topological polar surface area (TPSA) is 172 Å². The van der Waals surface area contributed by atoms with Gasteiger partial charge in [0.15, 0.2) is 23.6 Å². The van der Waals surface area contributed by atoms with Crippen LogP contribution in [0.15, 0.2) is 59.9 Å². The van der Waals surface area contributed by atoms with Crippen LogP contribution in [-0.2, 0) is 16.6 Å². The maximum absolute atomic E-state index is 13.4. The van der Waals surface area contributed by atoms with Gasteiger partial charge in [0.05, 0.1) is 36.7 Å². The SMILES string of the molecule is COc1cc2c(cc1OCCCC(=O)Nc1cn(C)c(C(=O)Nc3ccc(-c4c[nH]c(C(O)OC)c4)cc3)n1)N=CC1CCCCCN1C2=O. The second-order valence-electron chi connectivity index (χ2n) is 12.2. The predicted octanol–water partition coefficient (Wildman–Crippen LogP) is 5.21. The van der Waals surface area contributed by atoms with Gasteiger partial charge >= 0.3 is 0 Å². The molecule has 2 aromatic heterocycles. The minimum Gasteiger partial charge on any atom is -0.493 e. The number of nitrogens with one attached hydrogen (secondary N) is 3. The minimum absolute atomic E-state index is 0.0164. The molecule has 6 rings (SSSR count). The molecule has 0 saturated carbocycles. The molecule has 262 valence electrons. The second kappa shape index (κ2) is 15.4. The highest BCUT2D eigenvalue weighted by molar-refractivity contribution is 6.04. The average molecular weight is 684 g/mol. The number of anilines is 2. The number of fused-ring (bicyclic) bond motifs is 2. The van der Waals surface area contributed by atoms with E-state index in [9.17, 15) is 19.5 Å². The third-order valence-corrected chi connectivity index (χ3v) is 8.78. The van der Waals surface area contributed by atoms with Crippen molar-refractivity contribution in [3.05, 3.63) is 71.9 Å². The molecular formula is C36H41N7O7. The molecule has 0 spiro atoms. The van der Waals surface area contributed by atoms with Crippen LogP contribution in [0.3, 0.4) is 0 Å². The molecule has 50 heavy (non-hydrogen) atoms. The van der Waals surface area contributed by atoms with E-state index in [1.54, 1.807) is 49.8 Å². The van der Waals surface area contributed by atoms with Gasteiger partial charge in [-0.25, -0.2) is 4.98 Å². The average Bonchev–Trinajstić information content (AvgIpc) is 3.65. The molecule has 4 aromatic rings. The first kappa shape index (κ1) is 34.4. The van der Waals surface area contributed by atoms with Crippen molar-refractivity contribution in [3.8, 4) is 22.6 Å². The quantitative estimate of drug-likeness (QED) is 0.116. The van der Waals surface area contributed by atoms with Gasteiger partial charge in [-0.2, -0.15) is 0 Å². The lowest BCUT2D eigenvalue weighted by Crippen LogP contribution is -2.40. The molecule has 4 heterocycles. The first-order valence-electron chi connectivity index (χ1n) is 16.6. The molecule has 14 heteroatoms. The van der Waals surface area contributed by atoms with Crippen molar-refractivity contribution >= 4 is 41.1 Å². The van der Waals surface area contributed by atoms with Crippen molar-refractivity contribution in [1.29, 1.82) is 0 Å². The summed E-state index contributed by atoms with van der Waals surface area (Å²) in [5.74, 6) is 0.484. The maximum Gasteiger partial charge on any atom is 0.291 e. The normalized spacial score (nSPS) is 16.1. The van der Waals surface area contributed by atoms with Crippen LogP contribution in [0.1, 0.15) is 71.5 Å². The Labute approximate surface area is 289 Å². The van der Waals surface area contributed by atoms with E-state index >= 15 is 0 Å². The Morgan fingerprint density at radius 1 is 1.06 bits per heavy atom. The Kier molecular flexibility index (Phi) is 10.6. The maximum atomic E-state index is 13.4. The number of aromatic nitrogens is 3. The molecule has 2 unspecified atom stereocenters. The van der Waals surface area contributed by atoms with E-state index in [-0.39, 0.29) is 42.5 Å². The van der Waals surface area contributed by atoms with Crippen LogP contribution in [0.4, 0.5) is 17.2 Å². The Morgan fingerprint density at radius 3 is 2.66 bits per heavy atom. The van der Waals surface area contributed by atoms with Crippen molar-refractivity contribution in [2.24, 2.45) is 12.0 Å². The largest absolute Gasteiger partial charge is 0.493 e. The number of rotatable bonds is 12. The Bertz CT molecular complexity index is 1880. The molecule has 3 amide bonds. The number of nitrogens with zero attached hydrogens (tertiary/aromatic N) is 4. The third-order valence-electron chi connectivity index (χ3n) is 8.78. The summed E-state index contributed by atoms with van der Waals surface area (Å²) in [4.78, 5) is 52.9. The number of carbonyl (C=O) groups is 3. The molecule has 1 fully saturated rings. The van der Waals surface area contributed by atoms with Gasteiger partial charge in [-0.1, -0.05) is 25.0 Å². The standard InChI is InChI=1S/C36H41N7O7/c1-42-21-31(41-33(42)34(45)39-24-12-10-22(11-13-24)23-16-28(37-19-23)36(47)49-3)40-32(44)9-7-15-50-30-18-27-26(17-29(30)48-2)35(46)43-14-6-4-5-8-25(43)20-38-27/h10-13,16-21,25,36-37,47H,4-9,14-15H2,1-3H3,(H,39,45)(H,40,44). The number of aliphatic hydroxyl groups is 1. The summed E-state index contributed by atoms with van der Waals surface area (Å²) in [5, 5.41) is 15.4. The monoisotopic (exact) mass is 683 g/mol. The van der Waals surface area contributed by atoms with Crippen molar-refractivity contribution < 1.29 is 33.7 Å². The summed E-state index contributed by atoms with van der Waals surface area (Å²) >= 11 is 0. The van der Waals surface area contributed by atoms with Gasteiger partial charge in [-0.15, -0.1) is 0 Å². The fourth-order valence-electron chi connectivity index (χ4n) is 6.10. The fraction of sp³-hybridized carbons (Fsp3) is 0.361. The van der Waals surface area contributed by atoms with Gasteiger partial charge in [0, 0.05) is 57.5 Å². The van der Waals surface area contributed by atoms with Crippen LogP contribution in [0.5, 0.6) is 11.5 Å². The number of aliphatic imine (C=N–C) groups is 1. The predicted molar refractivity (Wildman–Crippen MR) is 187 cm³/mol. The summed E-state index contributed by atoms with van der Waals surface area (Å²) in [7, 11) is 4.61. The first-order chi connectivity index (χ1) is 24.2. The molecule has 2 atom stereocenters. The summed E-state index contributed by atoms with van der Waals surface area (Å²) in [6.07, 6.45) is 8.75. The highest BCUT2D eigenvalue weighted by Crippen LogP contribution is 2.38.